The van der Waals surface area contributed by atoms with Crippen LogP contribution in [-0.2, 0) is 0 Å². The number of thiophene rings is 1. The summed E-state index contributed by atoms with van der Waals surface area (Å²) in [6.07, 6.45) is 1.74. The third-order valence-electron chi connectivity index (χ3n) is 3.02. The quantitative estimate of drug-likeness (QED) is 0.680. The number of aryl methyl sites for hydroxylation is 1. The summed E-state index contributed by atoms with van der Waals surface area (Å²) in [5, 5.41) is 17.1. The smallest absolute Gasteiger partial charge is 0.268 e. The van der Waals surface area contributed by atoms with Gasteiger partial charge in [-0.05, 0) is 41.0 Å². The third kappa shape index (κ3) is 2.76. The molecule has 0 saturated carbocycles. The normalized spacial score (nSPS) is 11.3. The number of benzene rings is 1. The van der Waals surface area contributed by atoms with Crippen LogP contribution in [0.3, 0.4) is 0 Å². The van der Waals surface area contributed by atoms with Gasteiger partial charge in [0.05, 0.1) is 0 Å². The van der Waals surface area contributed by atoms with Crippen LogP contribution in [0.1, 0.15) is 17.0 Å². The Hall–Kier alpha value is -2.71. The van der Waals surface area contributed by atoms with Gasteiger partial charge in [-0.25, -0.2) is 0 Å². The van der Waals surface area contributed by atoms with Gasteiger partial charge in [0.2, 0.25) is 5.82 Å². The molecule has 2 aromatic heterocycles. The van der Waals surface area contributed by atoms with Crippen molar-refractivity contribution in [2.45, 2.75) is 6.92 Å². The van der Waals surface area contributed by atoms with E-state index < -0.39 is 0 Å². The summed E-state index contributed by atoms with van der Waals surface area (Å²) in [4.78, 5) is 4.33. The largest absolute Gasteiger partial charge is 0.333 e. The summed E-state index contributed by atoms with van der Waals surface area (Å²) in [5.74, 6) is 0.733. The summed E-state index contributed by atoms with van der Waals surface area (Å²) in [6, 6.07) is 11.8. The maximum Gasteiger partial charge on any atom is 0.268 e. The minimum absolute atomic E-state index is 0.238. The van der Waals surface area contributed by atoms with Crippen molar-refractivity contribution in [3.63, 3.8) is 0 Å². The Morgan fingerprint density at radius 2 is 2.19 bits per heavy atom. The highest BCUT2D eigenvalue weighted by atomic mass is 32.1. The first-order chi connectivity index (χ1) is 10.3. The first-order valence-electron chi connectivity index (χ1n) is 6.32. The predicted molar refractivity (Wildman–Crippen MR) is 82.3 cm³/mol. The Balaban J connectivity index is 1.98. The second kappa shape index (κ2) is 5.73. The van der Waals surface area contributed by atoms with E-state index in [1.54, 1.807) is 17.4 Å². The molecule has 1 aromatic carbocycles. The van der Waals surface area contributed by atoms with Crippen molar-refractivity contribution < 1.29 is 4.52 Å². The molecule has 2 heterocycles. The Morgan fingerprint density at radius 3 is 2.90 bits per heavy atom. The van der Waals surface area contributed by atoms with Gasteiger partial charge in [-0.2, -0.15) is 21.6 Å². The van der Waals surface area contributed by atoms with Crippen molar-refractivity contribution in [3.8, 4) is 17.5 Å². The first kappa shape index (κ1) is 13.3. The SMILES string of the molecule is Cc1ccccc1-c1noc(C(C#N)=Cc2ccsc2)n1. The lowest BCUT2D eigenvalue weighted by Crippen LogP contribution is -1.86. The molecule has 0 N–H and O–H groups in total. The van der Waals surface area contributed by atoms with Crippen molar-refractivity contribution in [2.75, 3.05) is 0 Å². The standard InChI is InChI=1S/C16H11N3OS/c1-11-4-2-3-5-14(11)15-18-16(20-19-15)13(9-17)8-12-6-7-21-10-12/h2-8,10H,1H3. The second-order valence-corrected chi connectivity index (χ2v) is 5.24. The van der Waals surface area contributed by atoms with Gasteiger partial charge in [-0.1, -0.05) is 29.4 Å². The molecule has 0 radical (unpaired) electrons. The number of nitriles is 1. The Bertz CT molecular complexity index is 825. The fourth-order valence-electron chi connectivity index (χ4n) is 1.93. The van der Waals surface area contributed by atoms with E-state index in [4.69, 9.17) is 4.52 Å². The lowest BCUT2D eigenvalue weighted by molar-refractivity contribution is 0.409. The zero-order valence-corrected chi connectivity index (χ0v) is 12.1. The summed E-state index contributed by atoms with van der Waals surface area (Å²) < 4.78 is 5.23. The lowest BCUT2D eigenvalue weighted by Gasteiger charge is -1.97. The molecule has 0 aliphatic rings. The van der Waals surface area contributed by atoms with Crippen LogP contribution in [-0.4, -0.2) is 10.1 Å². The van der Waals surface area contributed by atoms with Crippen LogP contribution in [0.4, 0.5) is 0 Å². The maximum absolute atomic E-state index is 9.27. The van der Waals surface area contributed by atoms with Crippen molar-refractivity contribution >= 4 is 23.0 Å². The Morgan fingerprint density at radius 1 is 1.33 bits per heavy atom. The number of allylic oxidation sites excluding steroid dienone is 1. The highest BCUT2D eigenvalue weighted by molar-refractivity contribution is 7.08. The van der Waals surface area contributed by atoms with Gasteiger partial charge in [0.1, 0.15) is 11.6 Å². The fourth-order valence-corrected chi connectivity index (χ4v) is 2.55. The molecule has 0 saturated heterocycles. The average Bonchev–Trinajstić information content (AvgIpc) is 3.17. The second-order valence-electron chi connectivity index (χ2n) is 4.46. The van der Waals surface area contributed by atoms with Crippen LogP contribution in [0.25, 0.3) is 23.0 Å². The third-order valence-corrected chi connectivity index (χ3v) is 3.72. The van der Waals surface area contributed by atoms with Gasteiger partial charge >= 0.3 is 0 Å². The van der Waals surface area contributed by atoms with Crippen LogP contribution in [0.5, 0.6) is 0 Å². The van der Waals surface area contributed by atoms with E-state index in [0.29, 0.717) is 11.4 Å². The Labute approximate surface area is 126 Å². The number of aromatic nitrogens is 2. The van der Waals surface area contributed by atoms with Gasteiger partial charge in [-0.15, -0.1) is 0 Å². The average molecular weight is 293 g/mol. The number of hydrogen-bond donors (Lipinski definition) is 0. The van der Waals surface area contributed by atoms with Crippen LogP contribution >= 0.6 is 11.3 Å². The Kier molecular flexibility index (Phi) is 3.63. The van der Waals surface area contributed by atoms with E-state index in [1.165, 1.54) is 0 Å². The molecule has 3 aromatic rings. The van der Waals surface area contributed by atoms with Crippen LogP contribution in [0.2, 0.25) is 0 Å². The van der Waals surface area contributed by atoms with Gasteiger partial charge in [-0.3, -0.25) is 0 Å². The molecule has 21 heavy (non-hydrogen) atoms. The van der Waals surface area contributed by atoms with Crippen molar-refractivity contribution in [1.29, 1.82) is 5.26 Å². The molecule has 5 heteroatoms. The molecule has 4 nitrogen and oxygen atoms in total. The topological polar surface area (TPSA) is 62.7 Å². The molecule has 3 rings (SSSR count). The van der Waals surface area contributed by atoms with Crippen LogP contribution < -0.4 is 0 Å². The number of hydrogen-bond acceptors (Lipinski definition) is 5. The maximum atomic E-state index is 9.27. The van der Waals surface area contributed by atoms with Gasteiger partial charge < -0.3 is 4.52 Å². The fraction of sp³-hybridized carbons (Fsp3) is 0.0625. The highest BCUT2D eigenvalue weighted by Gasteiger charge is 2.14. The summed E-state index contributed by atoms with van der Waals surface area (Å²) in [6.45, 7) is 1.98. The molecule has 102 valence electrons. The molecular formula is C16H11N3OS. The summed E-state index contributed by atoms with van der Waals surface area (Å²) in [7, 11) is 0. The molecule has 0 fully saturated rings. The summed E-state index contributed by atoms with van der Waals surface area (Å²) >= 11 is 1.57. The minimum atomic E-state index is 0.238. The molecule has 0 spiro atoms. The van der Waals surface area contributed by atoms with Crippen molar-refractivity contribution in [2.24, 2.45) is 0 Å². The zero-order valence-electron chi connectivity index (χ0n) is 11.3. The van der Waals surface area contributed by atoms with E-state index in [-0.39, 0.29) is 5.89 Å². The molecule has 0 aliphatic heterocycles. The molecule has 0 aliphatic carbocycles. The van der Waals surface area contributed by atoms with Crippen LogP contribution in [0.15, 0.2) is 45.6 Å². The predicted octanol–water partition coefficient (Wildman–Crippen LogP) is 4.17. The molecule has 0 amide bonds. The van der Waals surface area contributed by atoms with Crippen molar-refractivity contribution in [1.82, 2.24) is 10.1 Å². The summed E-state index contributed by atoms with van der Waals surface area (Å²) in [5.41, 5.74) is 3.28. The van der Waals surface area contributed by atoms with E-state index in [9.17, 15) is 5.26 Å². The van der Waals surface area contributed by atoms with E-state index in [2.05, 4.69) is 16.2 Å². The number of nitrogens with zero attached hydrogens (tertiary/aromatic N) is 3. The lowest BCUT2D eigenvalue weighted by atomic mass is 10.1. The molecule has 0 bridgehead atoms. The first-order valence-corrected chi connectivity index (χ1v) is 7.26. The van der Waals surface area contributed by atoms with E-state index in [1.807, 2.05) is 48.0 Å². The number of rotatable bonds is 3. The van der Waals surface area contributed by atoms with Crippen LogP contribution in [0, 0.1) is 18.3 Å². The molecule has 0 unspecified atom stereocenters. The highest BCUT2D eigenvalue weighted by Crippen LogP contribution is 2.23. The van der Waals surface area contributed by atoms with E-state index >= 15 is 0 Å². The van der Waals surface area contributed by atoms with Crippen molar-refractivity contribution in [3.05, 3.63) is 58.1 Å². The molecule has 0 atom stereocenters. The zero-order chi connectivity index (χ0) is 14.7. The molecular weight excluding hydrogens is 282 g/mol. The minimum Gasteiger partial charge on any atom is -0.333 e. The van der Waals surface area contributed by atoms with Gasteiger partial charge in [0.25, 0.3) is 5.89 Å². The van der Waals surface area contributed by atoms with Gasteiger partial charge in [0.15, 0.2) is 0 Å². The van der Waals surface area contributed by atoms with E-state index in [0.717, 1.165) is 16.7 Å². The monoisotopic (exact) mass is 293 g/mol. The van der Waals surface area contributed by atoms with Gasteiger partial charge in [0, 0.05) is 5.56 Å².